The van der Waals surface area contributed by atoms with Gasteiger partial charge >= 0.3 is 0 Å². The zero-order chi connectivity index (χ0) is 28.8. The van der Waals surface area contributed by atoms with E-state index in [-0.39, 0.29) is 16.3 Å². The number of hydrogen-bond donors (Lipinski definition) is 5. The molecule has 0 unspecified atom stereocenters. The topological polar surface area (TPSA) is 144 Å². The van der Waals surface area contributed by atoms with E-state index in [9.17, 15) is 23.8 Å². The van der Waals surface area contributed by atoms with Gasteiger partial charge in [-0.15, -0.1) is 0 Å². The molecule has 1 rings (SSSR count). The van der Waals surface area contributed by atoms with Crippen molar-refractivity contribution in [3.63, 3.8) is 0 Å². The summed E-state index contributed by atoms with van der Waals surface area (Å²) in [5, 5.41) is 22.1. The van der Waals surface area contributed by atoms with Crippen LogP contribution in [0.4, 0.5) is 13.8 Å². The Kier molecular flexibility index (Phi) is 14.8. The van der Waals surface area contributed by atoms with Gasteiger partial charge in [-0.05, 0) is 65.3 Å². The van der Waals surface area contributed by atoms with Gasteiger partial charge in [0, 0.05) is 7.05 Å². The summed E-state index contributed by atoms with van der Waals surface area (Å²) in [4.78, 5) is 15.2. The van der Waals surface area contributed by atoms with Crippen molar-refractivity contribution >= 4 is 27.8 Å². The van der Waals surface area contributed by atoms with E-state index in [4.69, 9.17) is 16.2 Å². The van der Waals surface area contributed by atoms with E-state index in [1.807, 2.05) is 18.2 Å². The first-order valence-corrected chi connectivity index (χ1v) is 12.3. The Hall–Kier alpha value is -2.86. The summed E-state index contributed by atoms with van der Waals surface area (Å²) >= 11 is 0.893. The zero-order valence-corrected chi connectivity index (χ0v) is 23.2. The summed E-state index contributed by atoms with van der Waals surface area (Å²) in [5.74, 6) is -2.59. The first-order valence-electron chi connectivity index (χ1n) is 11.5. The third-order valence-electron chi connectivity index (χ3n) is 4.43. The maximum Gasteiger partial charge on any atom is 0.270 e. The fourth-order valence-corrected chi connectivity index (χ4v) is 3.44. The molecule has 0 aliphatic carbocycles. The molecule has 0 aliphatic heterocycles. The number of aliphatic hydroxyl groups is 2. The molecule has 0 bridgehead atoms. The molecule has 7 N–H and O–H groups in total. The summed E-state index contributed by atoms with van der Waals surface area (Å²) in [6.45, 7) is 12.0. The number of allylic oxidation sites excluding steroid dienone is 5. The van der Waals surface area contributed by atoms with Crippen LogP contribution in [0.25, 0.3) is 5.57 Å². The first kappa shape index (κ1) is 34.1. The van der Waals surface area contributed by atoms with Crippen LogP contribution in [-0.2, 0) is 4.74 Å². The zero-order valence-electron chi connectivity index (χ0n) is 22.4. The molecule has 1 heterocycles. The van der Waals surface area contributed by atoms with Crippen molar-refractivity contribution in [2.75, 3.05) is 25.6 Å². The molecule has 0 aliphatic rings. The van der Waals surface area contributed by atoms with Crippen LogP contribution in [0.1, 0.15) is 63.0 Å². The normalized spacial score (nSPS) is 13.4. The van der Waals surface area contributed by atoms with Gasteiger partial charge in [0.05, 0.1) is 30.0 Å². The molecule has 8 nitrogen and oxygen atoms in total. The third kappa shape index (κ3) is 13.9. The van der Waals surface area contributed by atoms with Crippen molar-refractivity contribution in [1.29, 1.82) is 0 Å². The highest BCUT2D eigenvalue weighted by molar-refractivity contribution is 7.17. The van der Waals surface area contributed by atoms with Crippen LogP contribution in [0.15, 0.2) is 54.3 Å². The van der Waals surface area contributed by atoms with Gasteiger partial charge in [-0.3, -0.25) is 4.79 Å². The Morgan fingerprint density at radius 3 is 2.27 bits per heavy atom. The van der Waals surface area contributed by atoms with E-state index < -0.39 is 34.3 Å². The highest BCUT2D eigenvalue weighted by atomic mass is 32.1. The van der Waals surface area contributed by atoms with E-state index >= 15 is 0 Å². The van der Waals surface area contributed by atoms with Crippen molar-refractivity contribution in [2.24, 2.45) is 11.5 Å². The predicted molar refractivity (Wildman–Crippen MR) is 147 cm³/mol. The summed E-state index contributed by atoms with van der Waals surface area (Å²) in [6, 6.07) is 0. The largest absolute Gasteiger partial charge is 0.405 e. The molecule has 1 aromatic rings. The number of nitrogens with zero attached hydrogens (tertiary/aromatic N) is 1. The van der Waals surface area contributed by atoms with Crippen LogP contribution in [0.3, 0.4) is 0 Å². The van der Waals surface area contributed by atoms with Crippen LogP contribution in [0.2, 0.25) is 0 Å². The molecular formula is C26H40F2N4O4S. The van der Waals surface area contributed by atoms with Gasteiger partial charge in [-0.25, -0.2) is 13.8 Å². The second-order valence-corrected chi connectivity index (χ2v) is 10.1. The lowest BCUT2D eigenvalue weighted by Gasteiger charge is -2.17. The molecule has 0 aromatic carbocycles. The van der Waals surface area contributed by atoms with Crippen molar-refractivity contribution in [3.05, 3.63) is 65.0 Å². The van der Waals surface area contributed by atoms with Gasteiger partial charge in [-0.1, -0.05) is 36.1 Å². The van der Waals surface area contributed by atoms with E-state index in [0.717, 1.165) is 37.2 Å². The number of primary amides is 1. The van der Waals surface area contributed by atoms with Crippen LogP contribution in [0, 0.1) is 0 Å². The SMILES string of the molecule is C=C(/C=C(F)\C(=C(/C)F)c1nc(C(N)=O)c(NC)s1)C(C)(C)O.CC(C)(O)COCC/C=C\C/C=C\N. The maximum absolute atomic E-state index is 14.5. The fraction of sp³-hybridized carbons (Fsp3) is 0.462. The molecule has 208 valence electrons. The number of carbonyl (C=O) groups is 1. The summed E-state index contributed by atoms with van der Waals surface area (Å²) in [6.07, 6.45) is 10.2. The number of aromatic nitrogens is 1. The molecule has 0 spiro atoms. The lowest BCUT2D eigenvalue weighted by atomic mass is 9.98. The van der Waals surface area contributed by atoms with Gasteiger partial charge in [0.15, 0.2) is 5.69 Å². The van der Waals surface area contributed by atoms with Gasteiger partial charge in [0.1, 0.15) is 21.7 Å². The van der Waals surface area contributed by atoms with Gasteiger partial charge < -0.3 is 31.7 Å². The number of anilines is 1. The lowest BCUT2D eigenvalue weighted by Crippen LogP contribution is -2.26. The minimum Gasteiger partial charge on any atom is -0.405 e. The Morgan fingerprint density at radius 2 is 1.84 bits per heavy atom. The standard InChI is InChI=1S/C15H19F2N3O2S.C11H21NO2/c1-7(15(3,4)22)6-9(17)10(8(2)16)13-20-11(12(18)21)14(19-5)23-13;1-11(2,13)10-14-9-7-5-3-4-6-8-12/h6,19,22H,1H2,2-5H3,(H2,18,21);3,5-6,8,13H,4,7,9-10,12H2,1-2H3/b9-6+,10-8-;5-3-,8-6-. The molecule has 0 fully saturated rings. The summed E-state index contributed by atoms with van der Waals surface area (Å²) < 4.78 is 33.5. The van der Waals surface area contributed by atoms with Gasteiger partial charge in [-0.2, -0.15) is 0 Å². The number of nitrogens with two attached hydrogens (primary N) is 2. The van der Waals surface area contributed by atoms with E-state index in [2.05, 4.69) is 16.9 Å². The monoisotopic (exact) mass is 542 g/mol. The second-order valence-electron chi connectivity index (χ2n) is 9.08. The summed E-state index contributed by atoms with van der Waals surface area (Å²) in [5.41, 5.74) is 7.83. The third-order valence-corrected chi connectivity index (χ3v) is 5.52. The van der Waals surface area contributed by atoms with Crippen LogP contribution < -0.4 is 16.8 Å². The van der Waals surface area contributed by atoms with E-state index in [0.29, 0.717) is 18.2 Å². The molecular weight excluding hydrogens is 502 g/mol. The Balaban J connectivity index is 0.000000795. The number of ether oxygens (including phenoxy) is 1. The lowest BCUT2D eigenvalue weighted by molar-refractivity contribution is -0.0194. The van der Waals surface area contributed by atoms with Crippen molar-refractivity contribution in [3.8, 4) is 0 Å². The minimum absolute atomic E-state index is 0.0413. The minimum atomic E-state index is -1.36. The average molecular weight is 543 g/mol. The molecule has 0 radical (unpaired) electrons. The van der Waals surface area contributed by atoms with E-state index in [1.165, 1.54) is 27.1 Å². The number of thiazole rings is 1. The predicted octanol–water partition coefficient (Wildman–Crippen LogP) is 4.75. The Morgan fingerprint density at radius 1 is 1.22 bits per heavy atom. The number of nitrogens with one attached hydrogen (secondary N) is 1. The molecule has 0 saturated carbocycles. The number of halogens is 2. The van der Waals surface area contributed by atoms with E-state index in [1.54, 1.807) is 13.8 Å². The van der Waals surface area contributed by atoms with Crippen LogP contribution in [0.5, 0.6) is 0 Å². The number of hydrogen-bond acceptors (Lipinski definition) is 8. The summed E-state index contributed by atoms with van der Waals surface area (Å²) in [7, 11) is 1.54. The molecule has 0 saturated heterocycles. The Bertz CT molecular complexity index is 1010. The maximum atomic E-state index is 14.5. The van der Waals surface area contributed by atoms with Crippen molar-refractivity contribution in [2.45, 2.75) is 58.7 Å². The number of rotatable bonds is 13. The number of carbonyl (C=O) groups excluding carboxylic acids is 1. The highest BCUT2D eigenvalue weighted by Crippen LogP contribution is 2.36. The molecule has 11 heteroatoms. The Labute approximate surface area is 222 Å². The van der Waals surface area contributed by atoms with Crippen molar-refractivity contribution < 1.29 is 28.5 Å². The second kappa shape index (κ2) is 16.1. The quantitative estimate of drug-likeness (QED) is 0.137. The number of amides is 1. The van der Waals surface area contributed by atoms with Gasteiger partial charge in [0.2, 0.25) is 0 Å². The first-order chi connectivity index (χ1) is 17.0. The smallest absolute Gasteiger partial charge is 0.270 e. The van der Waals surface area contributed by atoms with Crippen LogP contribution >= 0.6 is 11.3 Å². The van der Waals surface area contributed by atoms with Crippen molar-refractivity contribution in [1.82, 2.24) is 4.98 Å². The molecule has 1 aromatic heterocycles. The molecule has 1 amide bonds. The average Bonchev–Trinajstić information content (AvgIpc) is 3.18. The van der Waals surface area contributed by atoms with Crippen LogP contribution in [-0.4, -0.2) is 52.6 Å². The van der Waals surface area contributed by atoms with Gasteiger partial charge in [0.25, 0.3) is 5.91 Å². The highest BCUT2D eigenvalue weighted by Gasteiger charge is 2.23. The fourth-order valence-electron chi connectivity index (χ4n) is 2.42. The molecule has 0 atom stereocenters. The molecule has 37 heavy (non-hydrogen) atoms.